The molecule has 0 fully saturated rings. The number of nitrogens with two attached hydrogens (primary N) is 1. The molecule has 2 N–H and O–H groups in total. The Morgan fingerprint density at radius 3 is 2.24 bits per heavy atom. The van der Waals surface area contributed by atoms with Gasteiger partial charge in [-0.2, -0.15) is 4.99 Å². The molecule has 1 amide bonds. The summed E-state index contributed by atoms with van der Waals surface area (Å²) in [5.41, 5.74) is 1.84. The van der Waals surface area contributed by atoms with Gasteiger partial charge < -0.3 is 9.30 Å². The Bertz CT molecular complexity index is 1650. The summed E-state index contributed by atoms with van der Waals surface area (Å²) in [4.78, 5) is 42.0. The number of fused-ring (bicyclic) bond motifs is 1. The van der Waals surface area contributed by atoms with Gasteiger partial charge in [0, 0.05) is 23.2 Å². The number of esters is 1. The minimum atomic E-state index is -3.93. The zero-order valence-corrected chi connectivity index (χ0v) is 21.4. The molecule has 0 spiro atoms. The van der Waals surface area contributed by atoms with Crippen LogP contribution in [0.2, 0.25) is 0 Å². The van der Waals surface area contributed by atoms with Gasteiger partial charge in [0.05, 0.1) is 28.1 Å². The van der Waals surface area contributed by atoms with Crippen molar-refractivity contribution in [1.29, 1.82) is 0 Å². The fraction of sp³-hybridized carbons (Fsp3) is 0.154. The van der Waals surface area contributed by atoms with E-state index in [2.05, 4.69) is 4.99 Å². The van der Waals surface area contributed by atoms with Gasteiger partial charge in [0.1, 0.15) is 0 Å². The van der Waals surface area contributed by atoms with Crippen molar-refractivity contribution in [3.05, 3.63) is 94.3 Å². The number of carbonyl (C=O) groups excluding carboxylic acids is 3. The molecule has 0 saturated heterocycles. The Morgan fingerprint density at radius 2 is 1.59 bits per heavy atom. The van der Waals surface area contributed by atoms with Crippen LogP contribution in [-0.2, 0) is 26.1 Å². The molecule has 37 heavy (non-hydrogen) atoms. The fourth-order valence-electron chi connectivity index (χ4n) is 3.64. The van der Waals surface area contributed by atoms with Crippen molar-refractivity contribution in [1.82, 2.24) is 4.57 Å². The zero-order chi connectivity index (χ0) is 26.6. The molecule has 0 unspecified atom stereocenters. The number of hydrogen-bond donors (Lipinski definition) is 1. The summed E-state index contributed by atoms with van der Waals surface area (Å²) in [6.07, 6.45) is 0.0360. The van der Waals surface area contributed by atoms with E-state index in [1.54, 1.807) is 54.0 Å². The lowest BCUT2D eigenvalue weighted by Crippen LogP contribution is -2.19. The number of thiazole rings is 1. The lowest BCUT2D eigenvalue weighted by molar-refractivity contribution is -0.143. The molecule has 0 aliphatic carbocycles. The Morgan fingerprint density at radius 1 is 0.946 bits per heavy atom. The number of hydrogen-bond acceptors (Lipinski definition) is 7. The van der Waals surface area contributed by atoms with E-state index in [0.717, 1.165) is 11.3 Å². The van der Waals surface area contributed by atoms with Gasteiger partial charge in [-0.3, -0.25) is 14.4 Å². The van der Waals surface area contributed by atoms with Gasteiger partial charge >= 0.3 is 5.97 Å². The van der Waals surface area contributed by atoms with Crippen molar-refractivity contribution < 1.29 is 27.5 Å². The van der Waals surface area contributed by atoms with Crippen LogP contribution in [-0.4, -0.2) is 37.3 Å². The topological polar surface area (TPSA) is 138 Å². The SMILES string of the molecule is CCOC(=O)CCn1c(=NC(=O)c2ccc(C(=O)c3ccccc3)cc2)sc2cc(S(N)(=O)=O)ccc21. The Balaban J connectivity index is 1.69. The number of carbonyl (C=O) groups is 3. The monoisotopic (exact) mass is 537 g/mol. The smallest absolute Gasteiger partial charge is 0.307 e. The Hall–Kier alpha value is -3.93. The van der Waals surface area contributed by atoms with Gasteiger partial charge in [-0.05, 0) is 37.3 Å². The van der Waals surface area contributed by atoms with E-state index in [0.29, 0.717) is 21.3 Å². The van der Waals surface area contributed by atoms with E-state index in [-0.39, 0.29) is 40.6 Å². The highest BCUT2D eigenvalue weighted by atomic mass is 32.2. The van der Waals surface area contributed by atoms with Crippen LogP contribution in [0.4, 0.5) is 0 Å². The molecule has 0 atom stereocenters. The van der Waals surface area contributed by atoms with Crippen LogP contribution in [0.1, 0.15) is 39.6 Å². The maximum Gasteiger partial charge on any atom is 0.307 e. The Kier molecular flexibility index (Phi) is 7.77. The van der Waals surface area contributed by atoms with Gasteiger partial charge in [-0.15, -0.1) is 0 Å². The average molecular weight is 538 g/mol. The highest BCUT2D eigenvalue weighted by Crippen LogP contribution is 2.22. The van der Waals surface area contributed by atoms with Crippen LogP contribution in [0, 0.1) is 0 Å². The number of amides is 1. The molecular formula is C26H23N3O6S2. The fourth-order valence-corrected chi connectivity index (χ4v) is 5.35. The number of rotatable bonds is 8. The third kappa shape index (κ3) is 6.08. The van der Waals surface area contributed by atoms with Crippen LogP contribution in [0.25, 0.3) is 10.2 Å². The average Bonchev–Trinajstić information content (AvgIpc) is 3.23. The highest BCUT2D eigenvalue weighted by Gasteiger charge is 2.15. The number of sulfonamides is 1. The standard InChI is InChI=1S/C26H23N3O6S2/c1-2-35-23(30)14-15-29-21-13-12-20(37(27,33)34)16-22(21)36-26(29)28-25(32)19-10-8-18(9-11-19)24(31)17-6-4-3-5-7-17/h3-13,16H,2,14-15H2,1H3,(H2,27,33,34). The number of aromatic nitrogens is 1. The number of primary sulfonamides is 1. The minimum Gasteiger partial charge on any atom is -0.466 e. The molecule has 190 valence electrons. The van der Waals surface area contributed by atoms with Crippen LogP contribution in [0.5, 0.6) is 0 Å². The number of nitrogens with zero attached hydrogens (tertiary/aromatic N) is 2. The van der Waals surface area contributed by atoms with Gasteiger partial charge in [-0.25, -0.2) is 13.6 Å². The van der Waals surface area contributed by atoms with Gasteiger partial charge in [-0.1, -0.05) is 53.8 Å². The summed E-state index contributed by atoms with van der Waals surface area (Å²) in [5, 5.41) is 5.26. The Labute approximate surface area is 216 Å². The number of aryl methyl sites for hydroxylation is 1. The quantitative estimate of drug-likeness (QED) is 0.270. The van der Waals surface area contributed by atoms with E-state index in [4.69, 9.17) is 9.88 Å². The summed E-state index contributed by atoms with van der Waals surface area (Å²) in [6.45, 7) is 2.12. The lowest BCUT2D eigenvalue weighted by atomic mass is 10.0. The molecule has 1 aromatic heterocycles. The van der Waals surface area contributed by atoms with E-state index < -0.39 is 21.9 Å². The highest BCUT2D eigenvalue weighted by molar-refractivity contribution is 7.89. The molecule has 0 aliphatic rings. The van der Waals surface area contributed by atoms with E-state index >= 15 is 0 Å². The van der Waals surface area contributed by atoms with E-state index in [1.807, 2.05) is 6.07 Å². The summed E-state index contributed by atoms with van der Waals surface area (Å²) in [7, 11) is -3.93. The van der Waals surface area contributed by atoms with Gasteiger partial charge in [0.15, 0.2) is 10.6 Å². The summed E-state index contributed by atoms with van der Waals surface area (Å²) in [6, 6.07) is 19.3. The van der Waals surface area contributed by atoms with Crippen molar-refractivity contribution in [2.45, 2.75) is 24.8 Å². The first-order valence-electron chi connectivity index (χ1n) is 11.3. The molecule has 9 nitrogen and oxygen atoms in total. The predicted octanol–water partition coefficient (Wildman–Crippen LogP) is 3.28. The molecule has 11 heteroatoms. The number of ether oxygens (including phenoxy) is 1. The second-order valence-electron chi connectivity index (χ2n) is 7.96. The second kappa shape index (κ2) is 11.0. The first-order chi connectivity index (χ1) is 17.7. The van der Waals surface area contributed by atoms with E-state index in [1.165, 1.54) is 24.3 Å². The van der Waals surface area contributed by atoms with Gasteiger partial charge in [0.2, 0.25) is 10.0 Å². The molecule has 1 heterocycles. The molecule has 3 aromatic carbocycles. The molecule has 0 bridgehead atoms. The number of ketones is 1. The molecule has 4 rings (SSSR count). The van der Waals surface area contributed by atoms with Crippen LogP contribution < -0.4 is 9.94 Å². The largest absolute Gasteiger partial charge is 0.466 e. The van der Waals surface area contributed by atoms with E-state index in [9.17, 15) is 22.8 Å². The van der Waals surface area contributed by atoms with Crippen molar-refractivity contribution >= 4 is 49.2 Å². The molecule has 0 aliphatic heterocycles. The third-order valence-electron chi connectivity index (χ3n) is 5.45. The lowest BCUT2D eigenvalue weighted by Gasteiger charge is -2.06. The maximum atomic E-state index is 13.0. The predicted molar refractivity (Wildman–Crippen MR) is 139 cm³/mol. The van der Waals surface area contributed by atoms with Crippen molar-refractivity contribution in [2.24, 2.45) is 10.1 Å². The van der Waals surface area contributed by atoms with Crippen molar-refractivity contribution in [3.63, 3.8) is 0 Å². The first-order valence-corrected chi connectivity index (χ1v) is 13.6. The van der Waals surface area contributed by atoms with Gasteiger partial charge in [0.25, 0.3) is 5.91 Å². The second-order valence-corrected chi connectivity index (χ2v) is 10.5. The van der Waals surface area contributed by atoms with Crippen molar-refractivity contribution in [3.8, 4) is 0 Å². The molecule has 4 aromatic rings. The van der Waals surface area contributed by atoms with Crippen LogP contribution in [0.15, 0.2) is 82.7 Å². The molecular weight excluding hydrogens is 514 g/mol. The summed E-state index contributed by atoms with van der Waals surface area (Å²) >= 11 is 1.10. The third-order valence-corrected chi connectivity index (χ3v) is 7.41. The zero-order valence-electron chi connectivity index (χ0n) is 19.8. The normalized spacial score (nSPS) is 12.0. The molecule has 0 saturated carbocycles. The van der Waals surface area contributed by atoms with Crippen molar-refractivity contribution in [2.75, 3.05) is 6.61 Å². The van der Waals surface area contributed by atoms with Crippen LogP contribution in [0.3, 0.4) is 0 Å². The van der Waals surface area contributed by atoms with Crippen LogP contribution >= 0.6 is 11.3 Å². The minimum absolute atomic E-state index is 0.0360. The maximum absolute atomic E-state index is 13.0. The first kappa shape index (κ1) is 26.1. The summed E-state index contributed by atoms with van der Waals surface area (Å²) in [5.74, 6) is -1.13. The summed E-state index contributed by atoms with van der Waals surface area (Å²) < 4.78 is 30.8. The number of benzene rings is 3. The molecule has 0 radical (unpaired) electrons.